The van der Waals surface area contributed by atoms with E-state index in [1.54, 1.807) is 4.68 Å². The van der Waals surface area contributed by atoms with E-state index >= 15 is 0 Å². The summed E-state index contributed by atoms with van der Waals surface area (Å²) in [5, 5.41) is 4.33. The smallest absolute Gasteiger partial charge is 0.124 e. The Kier molecular flexibility index (Phi) is 3.67. The van der Waals surface area contributed by atoms with Gasteiger partial charge in [-0.05, 0) is 19.9 Å². The Balaban J connectivity index is 2.39. The number of benzene rings is 1. The maximum absolute atomic E-state index is 6.33. The number of para-hydroxylation sites is 1. The molecular weight excluding hydrogens is 226 g/mol. The van der Waals surface area contributed by atoms with E-state index in [2.05, 4.69) is 5.10 Å². The summed E-state index contributed by atoms with van der Waals surface area (Å²) in [6.07, 6.45) is 1.96. The lowest BCUT2D eigenvalue weighted by molar-refractivity contribution is 0.335. The van der Waals surface area contributed by atoms with E-state index in [0.717, 1.165) is 22.6 Å². The van der Waals surface area contributed by atoms with Gasteiger partial charge >= 0.3 is 0 Å². The van der Waals surface area contributed by atoms with E-state index in [1.807, 2.05) is 51.4 Å². The van der Waals surface area contributed by atoms with E-state index in [4.69, 9.17) is 10.5 Å². The third-order valence-electron chi connectivity index (χ3n) is 2.94. The number of hydrogen-bond acceptors (Lipinski definition) is 3. The SMILES string of the molecule is CCOc1ccccc1C(N)c1cn(C)nc1C. The Hall–Kier alpha value is -1.81. The monoisotopic (exact) mass is 245 g/mol. The second-order valence-electron chi connectivity index (χ2n) is 4.29. The van der Waals surface area contributed by atoms with Crippen LogP contribution in [0.25, 0.3) is 0 Å². The first-order chi connectivity index (χ1) is 8.63. The Morgan fingerprint density at radius 1 is 1.33 bits per heavy atom. The molecule has 2 rings (SSSR count). The summed E-state index contributed by atoms with van der Waals surface area (Å²) in [5.74, 6) is 0.843. The van der Waals surface area contributed by atoms with Crippen LogP contribution in [0.15, 0.2) is 30.5 Å². The number of ether oxygens (including phenoxy) is 1. The second-order valence-corrected chi connectivity index (χ2v) is 4.29. The van der Waals surface area contributed by atoms with Crippen LogP contribution in [0.5, 0.6) is 5.75 Å². The van der Waals surface area contributed by atoms with E-state index < -0.39 is 0 Å². The van der Waals surface area contributed by atoms with Crippen molar-refractivity contribution >= 4 is 0 Å². The Bertz CT molecular complexity index is 534. The normalized spacial score (nSPS) is 12.4. The predicted octanol–water partition coefficient (Wildman–Crippen LogP) is 2.18. The van der Waals surface area contributed by atoms with Crippen molar-refractivity contribution in [2.75, 3.05) is 6.61 Å². The van der Waals surface area contributed by atoms with Gasteiger partial charge in [0.15, 0.2) is 0 Å². The van der Waals surface area contributed by atoms with Crippen molar-refractivity contribution in [3.05, 3.63) is 47.3 Å². The molecule has 0 aliphatic rings. The molecule has 0 saturated heterocycles. The summed E-state index contributed by atoms with van der Waals surface area (Å²) in [5.41, 5.74) is 9.31. The zero-order valence-corrected chi connectivity index (χ0v) is 11.1. The van der Waals surface area contributed by atoms with Crippen molar-refractivity contribution < 1.29 is 4.74 Å². The molecule has 0 saturated carbocycles. The number of nitrogens with zero attached hydrogens (tertiary/aromatic N) is 2. The topological polar surface area (TPSA) is 53.1 Å². The van der Waals surface area contributed by atoms with Gasteiger partial charge in [-0.1, -0.05) is 18.2 Å². The summed E-state index contributed by atoms with van der Waals surface area (Å²) in [7, 11) is 1.90. The van der Waals surface area contributed by atoms with Crippen molar-refractivity contribution in [3.8, 4) is 5.75 Å². The molecule has 0 amide bonds. The van der Waals surface area contributed by atoms with Crippen LogP contribution in [0.4, 0.5) is 0 Å². The predicted molar refractivity (Wildman–Crippen MR) is 71.6 cm³/mol. The minimum atomic E-state index is -0.207. The van der Waals surface area contributed by atoms with Gasteiger partial charge in [0, 0.05) is 24.4 Å². The van der Waals surface area contributed by atoms with Crippen LogP contribution in [-0.4, -0.2) is 16.4 Å². The Labute approximate surface area is 107 Å². The maximum Gasteiger partial charge on any atom is 0.124 e. The molecule has 0 bridgehead atoms. The quantitative estimate of drug-likeness (QED) is 0.898. The number of aromatic nitrogens is 2. The maximum atomic E-state index is 6.33. The Morgan fingerprint density at radius 2 is 2.06 bits per heavy atom. The van der Waals surface area contributed by atoms with Gasteiger partial charge in [-0.15, -0.1) is 0 Å². The first-order valence-electron chi connectivity index (χ1n) is 6.11. The fraction of sp³-hybridized carbons (Fsp3) is 0.357. The summed E-state index contributed by atoms with van der Waals surface area (Å²) in [4.78, 5) is 0. The first kappa shape index (κ1) is 12.6. The molecule has 4 nitrogen and oxygen atoms in total. The van der Waals surface area contributed by atoms with Gasteiger partial charge in [0.05, 0.1) is 18.3 Å². The van der Waals surface area contributed by atoms with Crippen LogP contribution in [0.3, 0.4) is 0 Å². The number of nitrogens with two attached hydrogens (primary N) is 1. The lowest BCUT2D eigenvalue weighted by Crippen LogP contribution is -2.14. The number of aryl methyl sites for hydroxylation is 2. The molecule has 0 spiro atoms. The molecule has 2 N–H and O–H groups in total. The molecule has 4 heteroatoms. The molecule has 96 valence electrons. The fourth-order valence-electron chi connectivity index (χ4n) is 2.12. The summed E-state index contributed by atoms with van der Waals surface area (Å²) >= 11 is 0. The summed E-state index contributed by atoms with van der Waals surface area (Å²) in [6.45, 7) is 4.58. The molecule has 1 heterocycles. The second kappa shape index (κ2) is 5.23. The lowest BCUT2D eigenvalue weighted by Gasteiger charge is -2.16. The van der Waals surface area contributed by atoms with Crippen molar-refractivity contribution in [1.82, 2.24) is 9.78 Å². The highest BCUT2D eigenvalue weighted by Gasteiger charge is 2.17. The molecule has 2 aromatic rings. The van der Waals surface area contributed by atoms with Crippen LogP contribution < -0.4 is 10.5 Å². The summed E-state index contributed by atoms with van der Waals surface area (Å²) in [6, 6.07) is 7.68. The average molecular weight is 245 g/mol. The van der Waals surface area contributed by atoms with Gasteiger partial charge in [0.2, 0.25) is 0 Å². The van der Waals surface area contributed by atoms with Gasteiger partial charge in [-0.2, -0.15) is 5.10 Å². The van der Waals surface area contributed by atoms with E-state index in [-0.39, 0.29) is 6.04 Å². The van der Waals surface area contributed by atoms with Crippen LogP contribution >= 0.6 is 0 Å². The molecule has 1 atom stereocenters. The van der Waals surface area contributed by atoms with Crippen LogP contribution in [0, 0.1) is 6.92 Å². The number of hydrogen-bond donors (Lipinski definition) is 1. The van der Waals surface area contributed by atoms with Gasteiger partial charge in [0.25, 0.3) is 0 Å². The van der Waals surface area contributed by atoms with Crippen molar-refractivity contribution in [2.45, 2.75) is 19.9 Å². The van der Waals surface area contributed by atoms with Gasteiger partial charge in [-0.3, -0.25) is 4.68 Å². The van der Waals surface area contributed by atoms with Crippen molar-refractivity contribution in [2.24, 2.45) is 12.8 Å². The van der Waals surface area contributed by atoms with Gasteiger partial charge < -0.3 is 10.5 Å². The van der Waals surface area contributed by atoms with E-state index in [0.29, 0.717) is 6.61 Å². The standard InChI is InChI=1S/C14H19N3O/c1-4-18-13-8-6-5-7-11(13)14(15)12-9-17(3)16-10(12)2/h5-9,14H,4,15H2,1-3H3. The highest BCUT2D eigenvalue weighted by atomic mass is 16.5. The van der Waals surface area contributed by atoms with Crippen molar-refractivity contribution in [1.29, 1.82) is 0 Å². The molecule has 18 heavy (non-hydrogen) atoms. The minimum absolute atomic E-state index is 0.207. The minimum Gasteiger partial charge on any atom is -0.494 e. The zero-order chi connectivity index (χ0) is 13.1. The molecule has 0 fully saturated rings. The first-order valence-corrected chi connectivity index (χ1v) is 6.11. The zero-order valence-electron chi connectivity index (χ0n) is 11.1. The molecular formula is C14H19N3O. The van der Waals surface area contributed by atoms with Crippen LogP contribution in [0.2, 0.25) is 0 Å². The van der Waals surface area contributed by atoms with E-state index in [9.17, 15) is 0 Å². The van der Waals surface area contributed by atoms with Gasteiger partial charge in [0.1, 0.15) is 5.75 Å². The third kappa shape index (κ3) is 2.38. The molecule has 0 radical (unpaired) electrons. The molecule has 1 aromatic carbocycles. The lowest BCUT2D eigenvalue weighted by atomic mass is 9.99. The highest BCUT2D eigenvalue weighted by Crippen LogP contribution is 2.29. The molecule has 0 aliphatic heterocycles. The molecule has 1 aromatic heterocycles. The van der Waals surface area contributed by atoms with Crippen LogP contribution in [0.1, 0.15) is 29.8 Å². The van der Waals surface area contributed by atoms with Crippen LogP contribution in [-0.2, 0) is 7.05 Å². The largest absolute Gasteiger partial charge is 0.494 e. The van der Waals surface area contributed by atoms with Gasteiger partial charge in [-0.25, -0.2) is 0 Å². The van der Waals surface area contributed by atoms with Crippen molar-refractivity contribution in [3.63, 3.8) is 0 Å². The fourth-order valence-corrected chi connectivity index (χ4v) is 2.12. The Morgan fingerprint density at radius 3 is 2.67 bits per heavy atom. The molecule has 1 unspecified atom stereocenters. The summed E-state index contributed by atoms with van der Waals surface area (Å²) < 4.78 is 7.40. The van der Waals surface area contributed by atoms with E-state index in [1.165, 1.54) is 0 Å². The third-order valence-corrected chi connectivity index (χ3v) is 2.94. The highest BCUT2D eigenvalue weighted by molar-refractivity contribution is 5.41. The number of rotatable bonds is 4. The average Bonchev–Trinajstić information content (AvgIpc) is 2.69. The molecule has 0 aliphatic carbocycles.